The van der Waals surface area contributed by atoms with E-state index in [2.05, 4.69) is 11.8 Å². The predicted octanol–water partition coefficient (Wildman–Crippen LogP) is 2.98. The molecule has 0 atom stereocenters. The van der Waals surface area contributed by atoms with Crippen molar-refractivity contribution in [3.05, 3.63) is 29.8 Å². The molecule has 0 fully saturated rings. The van der Waals surface area contributed by atoms with Crippen LogP contribution in [0.1, 0.15) is 25.8 Å². The molecule has 4 nitrogen and oxygen atoms in total. The van der Waals surface area contributed by atoms with Crippen molar-refractivity contribution in [2.75, 3.05) is 13.2 Å². The SMILES string of the molecule is CC#CCCOc1c(/C=C/C(=O)O)cccc1OCC. The van der Waals surface area contributed by atoms with Crippen molar-refractivity contribution in [3.8, 4) is 23.3 Å². The van der Waals surface area contributed by atoms with E-state index in [1.165, 1.54) is 6.08 Å². The molecule has 1 aromatic rings. The van der Waals surface area contributed by atoms with Gasteiger partial charge in [0.25, 0.3) is 0 Å². The first-order valence-electron chi connectivity index (χ1n) is 6.38. The summed E-state index contributed by atoms with van der Waals surface area (Å²) in [5.41, 5.74) is 0.669. The molecule has 0 heterocycles. The first kappa shape index (κ1) is 15.6. The standard InChI is InChI=1S/C16H18O4/c1-3-5-6-12-20-16-13(10-11-15(17)18)8-7-9-14(16)19-4-2/h7-11H,4,6,12H2,1-2H3,(H,17,18)/b11-10+. The summed E-state index contributed by atoms with van der Waals surface area (Å²) in [6, 6.07) is 5.37. The molecule has 0 aliphatic carbocycles. The van der Waals surface area contributed by atoms with E-state index in [0.29, 0.717) is 36.7 Å². The highest BCUT2D eigenvalue weighted by Crippen LogP contribution is 2.32. The van der Waals surface area contributed by atoms with Gasteiger partial charge in [0.2, 0.25) is 0 Å². The maximum Gasteiger partial charge on any atom is 0.328 e. The van der Waals surface area contributed by atoms with E-state index in [1.807, 2.05) is 6.92 Å². The van der Waals surface area contributed by atoms with Crippen LogP contribution in [0.15, 0.2) is 24.3 Å². The van der Waals surface area contributed by atoms with Crippen LogP contribution in [0.5, 0.6) is 11.5 Å². The molecule has 0 saturated heterocycles. The summed E-state index contributed by atoms with van der Waals surface area (Å²) in [5.74, 6) is 5.85. The molecule has 0 aromatic heterocycles. The molecule has 0 aliphatic rings. The zero-order chi connectivity index (χ0) is 14.8. The van der Waals surface area contributed by atoms with Gasteiger partial charge in [0.05, 0.1) is 13.2 Å². The molecule has 1 N–H and O–H groups in total. The van der Waals surface area contributed by atoms with Crippen LogP contribution in [-0.4, -0.2) is 24.3 Å². The van der Waals surface area contributed by atoms with Gasteiger partial charge < -0.3 is 14.6 Å². The maximum absolute atomic E-state index is 10.6. The largest absolute Gasteiger partial charge is 0.490 e. The molecule has 106 valence electrons. The van der Waals surface area contributed by atoms with Gasteiger partial charge in [-0.25, -0.2) is 4.79 Å². The second kappa shape index (κ2) is 8.65. The summed E-state index contributed by atoms with van der Waals surface area (Å²) in [5, 5.41) is 8.71. The number of carbonyl (C=O) groups is 1. The number of hydrogen-bond acceptors (Lipinski definition) is 3. The average Bonchev–Trinajstić information content (AvgIpc) is 2.43. The predicted molar refractivity (Wildman–Crippen MR) is 77.8 cm³/mol. The Bertz CT molecular complexity index is 535. The van der Waals surface area contributed by atoms with Crippen LogP contribution in [0.3, 0.4) is 0 Å². The van der Waals surface area contributed by atoms with Crippen LogP contribution >= 0.6 is 0 Å². The van der Waals surface area contributed by atoms with Crippen LogP contribution < -0.4 is 9.47 Å². The zero-order valence-corrected chi connectivity index (χ0v) is 11.7. The van der Waals surface area contributed by atoms with Gasteiger partial charge in [0.15, 0.2) is 11.5 Å². The normalized spacial score (nSPS) is 9.90. The Labute approximate surface area is 119 Å². The molecular formula is C16H18O4. The molecule has 0 unspecified atom stereocenters. The lowest BCUT2D eigenvalue weighted by molar-refractivity contribution is -0.131. The van der Waals surface area contributed by atoms with E-state index in [-0.39, 0.29) is 0 Å². The Kier molecular flexibility index (Phi) is 6.77. The van der Waals surface area contributed by atoms with Crippen molar-refractivity contribution in [1.82, 2.24) is 0 Å². The fraction of sp³-hybridized carbons (Fsp3) is 0.312. The zero-order valence-electron chi connectivity index (χ0n) is 11.7. The Morgan fingerprint density at radius 2 is 2.20 bits per heavy atom. The Morgan fingerprint density at radius 1 is 1.40 bits per heavy atom. The number of carboxylic acid groups (broad SMARTS) is 1. The van der Waals surface area contributed by atoms with Gasteiger partial charge in [-0.2, -0.15) is 0 Å². The van der Waals surface area contributed by atoms with Gasteiger partial charge in [-0.1, -0.05) is 12.1 Å². The molecule has 0 amide bonds. The van der Waals surface area contributed by atoms with E-state index in [9.17, 15) is 4.79 Å². The number of carboxylic acids is 1. The van der Waals surface area contributed by atoms with Gasteiger partial charge in [-0.3, -0.25) is 0 Å². The minimum absolute atomic E-state index is 0.429. The summed E-state index contributed by atoms with van der Waals surface area (Å²) >= 11 is 0. The Balaban J connectivity index is 2.98. The molecular weight excluding hydrogens is 256 g/mol. The highest BCUT2D eigenvalue weighted by Gasteiger charge is 2.09. The van der Waals surface area contributed by atoms with Crippen LogP contribution in [0.4, 0.5) is 0 Å². The second-order valence-electron chi connectivity index (χ2n) is 3.80. The fourth-order valence-corrected chi connectivity index (χ4v) is 1.58. The lowest BCUT2D eigenvalue weighted by Crippen LogP contribution is -2.02. The van der Waals surface area contributed by atoms with E-state index >= 15 is 0 Å². The van der Waals surface area contributed by atoms with E-state index < -0.39 is 5.97 Å². The number of ether oxygens (including phenoxy) is 2. The Morgan fingerprint density at radius 3 is 2.85 bits per heavy atom. The minimum atomic E-state index is -1.00. The third-order valence-corrected chi connectivity index (χ3v) is 2.36. The number of para-hydroxylation sites is 1. The summed E-state index contributed by atoms with van der Waals surface area (Å²) < 4.78 is 11.2. The first-order valence-corrected chi connectivity index (χ1v) is 6.38. The third kappa shape index (κ3) is 5.07. The van der Waals surface area contributed by atoms with E-state index in [1.54, 1.807) is 25.1 Å². The van der Waals surface area contributed by atoms with Gasteiger partial charge in [0.1, 0.15) is 0 Å². The molecule has 0 radical (unpaired) electrons. The fourth-order valence-electron chi connectivity index (χ4n) is 1.58. The summed E-state index contributed by atoms with van der Waals surface area (Å²) in [7, 11) is 0. The van der Waals surface area contributed by atoms with Crippen LogP contribution in [-0.2, 0) is 4.79 Å². The van der Waals surface area contributed by atoms with Crippen molar-refractivity contribution in [1.29, 1.82) is 0 Å². The van der Waals surface area contributed by atoms with Gasteiger partial charge in [0, 0.05) is 18.1 Å². The number of benzene rings is 1. The first-order chi connectivity index (χ1) is 9.69. The van der Waals surface area contributed by atoms with E-state index in [0.717, 1.165) is 6.08 Å². The quantitative estimate of drug-likeness (QED) is 0.472. The lowest BCUT2D eigenvalue weighted by atomic mass is 10.1. The van der Waals surface area contributed by atoms with Crippen molar-refractivity contribution < 1.29 is 19.4 Å². The van der Waals surface area contributed by atoms with Crippen molar-refractivity contribution >= 4 is 12.0 Å². The highest BCUT2D eigenvalue weighted by molar-refractivity contribution is 5.86. The smallest absolute Gasteiger partial charge is 0.328 e. The molecule has 20 heavy (non-hydrogen) atoms. The van der Waals surface area contributed by atoms with Crippen LogP contribution in [0.2, 0.25) is 0 Å². The second-order valence-corrected chi connectivity index (χ2v) is 3.80. The van der Waals surface area contributed by atoms with Crippen LogP contribution in [0, 0.1) is 11.8 Å². The van der Waals surface area contributed by atoms with Gasteiger partial charge in [-0.15, -0.1) is 11.8 Å². The lowest BCUT2D eigenvalue weighted by Gasteiger charge is -2.13. The molecule has 0 saturated carbocycles. The molecule has 4 heteroatoms. The molecule has 0 bridgehead atoms. The average molecular weight is 274 g/mol. The third-order valence-electron chi connectivity index (χ3n) is 2.36. The summed E-state index contributed by atoms with van der Waals surface area (Å²) in [4.78, 5) is 10.6. The van der Waals surface area contributed by atoms with Crippen molar-refractivity contribution in [3.63, 3.8) is 0 Å². The summed E-state index contributed by atoms with van der Waals surface area (Å²) in [6.45, 7) is 4.59. The van der Waals surface area contributed by atoms with Crippen LogP contribution in [0.25, 0.3) is 6.08 Å². The maximum atomic E-state index is 10.6. The Hall–Kier alpha value is -2.41. The highest BCUT2D eigenvalue weighted by atomic mass is 16.5. The number of hydrogen-bond donors (Lipinski definition) is 1. The number of aliphatic carboxylic acids is 1. The number of rotatable bonds is 7. The van der Waals surface area contributed by atoms with Crippen molar-refractivity contribution in [2.24, 2.45) is 0 Å². The van der Waals surface area contributed by atoms with Crippen molar-refractivity contribution in [2.45, 2.75) is 20.3 Å². The van der Waals surface area contributed by atoms with Gasteiger partial charge >= 0.3 is 5.97 Å². The minimum Gasteiger partial charge on any atom is -0.490 e. The molecule has 1 rings (SSSR count). The summed E-state index contributed by atoms with van der Waals surface area (Å²) in [6.07, 6.45) is 3.18. The molecule has 1 aromatic carbocycles. The van der Waals surface area contributed by atoms with E-state index in [4.69, 9.17) is 14.6 Å². The van der Waals surface area contributed by atoms with Gasteiger partial charge in [-0.05, 0) is 26.0 Å². The topological polar surface area (TPSA) is 55.8 Å². The molecule has 0 spiro atoms. The molecule has 0 aliphatic heterocycles. The monoisotopic (exact) mass is 274 g/mol.